The molecular weight excluding hydrogens is 374 g/mol. The molecule has 0 radical (unpaired) electrons. The molecule has 0 spiro atoms. The summed E-state index contributed by atoms with van der Waals surface area (Å²) >= 11 is 1.54. The van der Waals surface area contributed by atoms with Crippen molar-refractivity contribution in [3.05, 3.63) is 58.2 Å². The molecule has 0 saturated carbocycles. The maximum absolute atomic E-state index is 12.6. The van der Waals surface area contributed by atoms with Gasteiger partial charge in [0.15, 0.2) is 0 Å². The van der Waals surface area contributed by atoms with Crippen molar-refractivity contribution >= 4 is 28.8 Å². The first-order chi connectivity index (χ1) is 13.6. The van der Waals surface area contributed by atoms with Crippen LogP contribution in [-0.4, -0.2) is 70.3 Å². The number of rotatable bonds is 5. The molecule has 1 aliphatic heterocycles. The molecule has 0 bridgehead atoms. The van der Waals surface area contributed by atoms with Gasteiger partial charge in [-0.2, -0.15) is 11.3 Å². The summed E-state index contributed by atoms with van der Waals surface area (Å²) in [6, 6.07) is 7.56. The third-order valence-corrected chi connectivity index (χ3v) is 5.74. The lowest BCUT2D eigenvalue weighted by atomic mass is 10.2. The van der Waals surface area contributed by atoms with Crippen LogP contribution in [-0.2, 0) is 0 Å². The summed E-state index contributed by atoms with van der Waals surface area (Å²) in [5.74, 6) is -0.000222. The Kier molecular flexibility index (Phi) is 5.40. The monoisotopic (exact) mass is 397 g/mol. The molecule has 3 aromatic heterocycles. The standard InChI is InChI=1S/C20H23N5O2S/c1-15-18(25-7-3-2-4-17(25)22-15)19(26)21-6-8-23-9-11-24(12-10-23)20(27)16-5-13-28-14-16/h2-5,7,13-14H,6,8-12H2,1H3,(H,21,26). The van der Waals surface area contributed by atoms with Crippen molar-refractivity contribution in [2.45, 2.75) is 6.92 Å². The number of fused-ring (bicyclic) bond motifs is 1. The summed E-state index contributed by atoms with van der Waals surface area (Å²) in [4.78, 5) is 33.6. The fourth-order valence-electron chi connectivity index (χ4n) is 3.54. The van der Waals surface area contributed by atoms with E-state index in [-0.39, 0.29) is 11.8 Å². The van der Waals surface area contributed by atoms with Crippen LogP contribution in [0.25, 0.3) is 5.65 Å². The molecule has 0 aliphatic carbocycles. The first-order valence-corrected chi connectivity index (χ1v) is 10.3. The number of hydrogen-bond donors (Lipinski definition) is 1. The number of carbonyl (C=O) groups is 2. The number of hydrogen-bond acceptors (Lipinski definition) is 5. The number of amides is 2. The van der Waals surface area contributed by atoms with Crippen molar-refractivity contribution < 1.29 is 9.59 Å². The van der Waals surface area contributed by atoms with Crippen LogP contribution in [0.4, 0.5) is 0 Å². The summed E-state index contributed by atoms with van der Waals surface area (Å²) in [6.45, 7) is 6.26. The van der Waals surface area contributed by atoms with Crippen molar-refractivity contribution in [2.24, 2.45) is 0 Å². The molecule has 3 aromatic rings. The second kappa shape index (κ2) is 8.12. The minimum absolute atomic E-state index is 0.109. The fraction of sp³-hybridized carbons (Fsp3) is 0.350. The van der Waals surface area contributed by atoms with Crippen LogP contribution in [0.2, 0.25) is 0 Å². The Balaban J connectivity index is 1.26. The molecule has 8 heteroatoms. The van der Waals surface area contributed by atoms with Crippen LogP contribution in [0.5, 0.6) is 0 Å². The van der Waals surface area contributed by atoms with E-state index in [0.717, 1.165) is 49.6 Å². The van der Waals surface area contributed by atoms with E-state index in [1.807, 2.05) is 57.4 Å². The largest absolute Gasteiger partial charge is 0.349 e. The Morgan fingerprint density at radius 3 is 2.75 bits per heavy atom. The smallest absolute Gasteiger partial charge is 0.270 e. The van der Waals surface area contributed by atoms with Gasteiger partial charge in [0.2, 0.25) is 0 Å². The van der Waals surface area contributed by atoms with E-state index in [1.54, 1.807) is 11.3 Å². The maximum atomic E-state index is 12.6. The lowest BCUT2D eigenvalue weighted by Crippen LogP contribution is -2.50. The molecule has 4 rings (SSSR count). The number of pyridine rings is 1. The first-order valence-electron chi connectivity index (χ1n) is 9.39. The molecule has 0 atom stereocenters. The minimum atomic E-state index is -0.109. The van der Waals surface area contributed by atoms with Gasteiger partial charge in [-0.1, -0.05) is 6.07 Å². The molecular formula is C20H23N5O2S. The molecule has 1 N–H and O–H groups in total. The van der Waals surface area contributed by atoms with Gasteiger partial charge in [-0.3, -0.25) is 18.9 Å². The van der Waals surface area contributed by atoms with Gasteiger partial charge in [0.05, 0.1) is 11.3 Å². The van der Waals surface area contributed by atoms with Crippen LogP contribution in [0, 0.1) is 6.92 Å². The minimum Gasteiger partial charge on any atom is -0.349 e. The van der Waals surface area contributed by atoms with E-state index < -0.39 is 0 Å². The number of carbonyl (C=O) groups excluding carboxylic acids is 2. The van der Waals surface area contributed by atoms with Crippen LogP contribution in [0.15, 0.2) is 41.2 Å². The van der Waals surface area contributed by atoms with Gasteiger partial charge < -0.3 is 10.2 Å². The predicted octanol–water partition coefficient (Wildman–Crippen LogP) is 1.89. The summed E-state index contributed by atoms with van der Waals surface area (Å²) < 4.78 is 1.82. The van der Waals surface area contributed by atoms with E-state index in [1.165, 1.54) is 0 Å². The quantitative estimate of drug-likeness (QED) is 0.714. The Labute approximate surface area is 167 Å². The van der Waals surface area contributed by atoms with E-state index in [0.29, 0.717) is 12.2 Å². The maximum Gasteiger partial charge on any atom is 0.270 e. The van der Waals surface area contributed by atoms with Gasteiger partial charge >= 0.3 is 0 Å². The summed E-state index contributed by atoms with van der Waals surface area (Å²) in [5, 5.41) is 6.82. The molecule has 28 heavy (non-hydrogen) atoms. The number of aromatic nitrogens is 2. The van der Waals surface area contributed by atoms with Crippen molar-refractivity contribution in [2.75, 3.05) is 39.3 Å². The van der Waals surface area contributed by atoms with E-state index >= 15 is 0 Å². The molecule has 146 valence electrons. The van der Waals surface area contributed by atoms with Gasteiger partial charge in [-0.15, -0.1) is 0 Å². The van der Waals surface area contributed by atoms with Crippen LogP contribution in [0.3, 0.4) is 0 Å². The number of nitrogens with one attached hydrogen (secondary N) is 1. The van der Waals surface area contributed by atoms with Gasteiger partial charge in [0.1, 0.15) is 11.3 Å². The first kappa shape index (κ1) is 18.6. The fourth-order valence-corrected chi connectivity index (χ4v) is 4.17. The molecule has 1 fully saturated rings. The summed E-state index contributed by atoms with van der Waals surface area (Å²) in [7, 11) is 0. The highest BCUT2D eigenvalue weighted by Crippen LogP contribution is 2.13. The molecule has 1 aliphatic rings. The van der Waals surface area contributed by atoms with E-state index in [9.17, 15) is 9.59 Å². The number of piperazine rings is 1. The molecule has 0 aromatic carbocycles. The molecule has 7 nitrogen and oxygen atoms in total. The second-order valence-corrected chi connectivity index (χ2v) is 7.66. The lowest BCUT2D eigenvalue weighted by Gasteiger charge is -2.34. The Bertz CT molecular complexity index is 974. The van der Waals surface area contributed by atoms with Crippen LogP contribution >= 0.6 is 11.3 Å². The van der Waals surface area contributed by atoms with Crippen molar-refractivity contribution in [3.8, 4) is 0 Å². The predicted molar refractivity (Wildman–Crippen MR) is 109 cm³/mol. The number of aryl methyl sites for hydroxylation is 1. The zero-order valence-corrected chi connectivity index (χ0v) is 16.6. The molecule has 0 unspecified atom stereocenters. The second-order valence-electron chi connectivity index (χ2n) is 6.88. The van der Waals surface area contributed by atoms with Crippen molar-refractivity contribution in [3.63, 3.8) is 0 Å². The number of nitrogens with zero attached hydrogens (tertiary/aromatic N) is 4. The normalized spacial score (nSPS) is 15.1. The lowest BCUT2D eigenvalue weighted by molar-refractivity contribution is 0.0638. The van der Waals surface area contributed by atoms with E-state index in [2.05, 4.69) is 15.2 Å². The Morgan fingerprint density at radius 2 is 2.00 bits per heavy atom. The van der Waals surface area contributed by atoms with Gasteiger partial charge in [0, 0.05) is 50.8 Å². The van der Waals surface area contributed by atoms with Crippen LogP contribution < -0.4 is 5.32 Å². The Hall–Kier alpha value is -2.71. The SMILES string of the molecule is Cc1nc2ccccn2c1C(=O)NCCN1CCN(C(=O)c2ccsc2)CC1. The average Bonchev–Trinajstić information content (AvgIpc) is 3.35. The Morgan fingerprint density at radius 1 is 1.18 bits per heavy atom. The van der Waals surface area contributed by atoms with Crippen LogP contribution in [0.1, 0.15) is 26.5 Å². The van der Waals surface area contributed by atoms with Gasteiger partial charge in [-0.25, -0.2) is 4.98 Å². The number of thiophene rings is 1. The van der Waals surface area contributed by atoms with E-state index in [4.69, 9.17) is 0 Å². The molecule has 1 saturated heterocycles. The summed E-state index contributed by atoms with van der Waals surface area (Å²) in [5.41, 5.74) is 2.86. The topological polar surface area (TPSA) is 70.0 Å². The molecule has 2 amide bonds. The zero-order chi connectivity index (χ0) is 19.5. The number of imidazole rings is 1. The third-order valence-electron chi connectivity index (χ3n) is 5.06. The van der Waals surface area contributed by atoms with Gasteiger partial charge in [0.25, 0.3) is 11.8 Å². The highest BCUT2D eigenvalue weighted by atomic mass is 32.1. The van der Waals surface area contributed by atoms with Crippen molar-refractivity contribution in [1.82, 2.24) is 24.5 Å². The van der Waals surface area contributed by atoms with Gasteiger partial charge in [-0.05, 0) is 30.5 Å². The average molecular weight is 398 g/mol. The highest BCUT2D eigenvalue weighted by Gasteiger charge is 2.22. The highest BCUT2D eigenvalue weighted by molar-refractivity contribution is 7.08. The third kappa shape index (κ3) is 3.79. The summed E-state index contributed by atoms with van der Waals surface area (Å²) in [6.07, 6.45) is 1.86. The molecule has 4 heterocycles. The zero-order valence-electron chi connectivity index (χ0n) is 15.8. The van der Waals surface area contributed by atoms with Crippen molar-refractivity contribution in [1.29, 1.82) is 0 Å².